The van der Waals surface area contributed by atoms with Crippen LogP contribution in [-0.4, -0.2) is 56.5 Å². The molecule has 0 bridgehead atoms. The van der Waals surface area contributed by atoms with Crippen LogP contribution in [0.3, 0.4) is 0 Å². The molecule has 37 heavy (non-hydrogen) atoms. The first-order chi connectivity index (χ1) is 17.6. The summed E-state index contributed by atoms with van der Waals surface area (Å²) in [6.45, 7) is 9.61. The second-order valence-corrected chi connectivity index (χ2v) is 11.2. The van der Waals surface area contributed by atoms with Crippen LogP contribution in [0.15, 0.2) is 45.4 Å². The number of likely N-dealkylation sites (tertiary alicyclic amines) is 1. The van der Waals surface area contributed by atoms with Crippen molar-refractivity contribution in [3.05, 3.63) is 58.6 Å². The number of carbonyl (C=O) groups is 2. The molecule has 9 nitrogen and oxygen atoms in total. The normalized spacial score (nSPS) is 24.5. The van der Waals surface area contributed by atoms with E-state index in [1.54, 1.807) is 29.2 Å². The third-order valence-electron chi connectivity index (χ3n) is 7.25. The average molecular weight is 522 g/mol. The molecular weight excluding hydrogens is 490 g/mol. The van der Waals surface area contributed by atoms with Crippen LogP contribution in [0.1, 0.15) is 55.8 Å². The number of thiazole rings is 1. The smallest absolute Gasteiger partial charge is 0.257 e. The molecule has 0 unspecified atom stereocenters. The zero-order chi connectivity index (χ0) is 26.5. The number of rotatable bonds is 6. The Kier molecular flexibility index (Phi) is 6.49. The fourth-order valence-electron chi connectivity index (χ4n) is 5.20. The number of amidine groups is 1. The SMILES string of the molecule is Cc1cc([C@@H](C(=O)N2C[C@H](O)C[C@H]2C2=N[C@](C)(c3ccc(-c4scnc4C)cc3)C(=O)N2)C(C)C)on1. The van der Waals surface area contributed by atoms with Crippen LogP contribution in [0.2, 0.25) is 0 Å². The van der Waals surface area contributed by atoms with E-state index in [1.165, 1.54) is 0 Å². The Morgan fingerprint density at radius 3 is 2.59 bits per heavy atom. The molecule has 5 rings (SSSR count). The summed E-state index contributed by atoms with van der Waals surface area (Å²) in [6.07, 6.45) is -0.420. The topological polar surface area (TPSA) is 121 Å². The number of nitrogens with zero attached hydrogens (tertiary/aromatic N) is 4. The van der Waals surface area contributed by atoms with E-state index in [-0.39, 0.29) is 24.3 Å². The van der Waals surface area contributed by atoms with Crippen molar-refractivity contribution in [2.45, 2.75) is 64.6 Å². The van der Waals surface area contributed by atoms with Crippen LogP contribution in [0, 0.1) is 19.8 Å². The van der Waals surface area contributed by atoms with E-state index in [0.29, 0.717) is 23.7 Å². The van der Waals surface area contributed by atoms with E-state index in [4.69, 9.17) is 9.52 Å². The van der Waals surface area contributed by atoms with E-state index >= 15 is 0 Å². The highest BCUT2D eigenvalue weighted by Crippen LogP contribution is 2.36. The molecule has 0 spiro atoms. The van der Waals surface area contributed by atoms with E-state index in [1.807, 2.05) is 57.5 Å². The Morgan fingerprint density at radius 1 is 1.27 bits per heavy atom. The van der Waals surface area contributed by atoms with Gasteiger partial charge in [0.15, 0.2) is 5.54 Å². The van der Waals surface area contributed by atoms with Gasteiger partial charge in [-0.05, 0) is 37.8 Å². The molecule has 2 aliphatic heterocycles. The summed E-state index contributed by atoms with van der Waals surface area (Å²) in [6, 6.07) is 9.00. The molecule has 0 saturated carbocycles. The number of nitrogens with one attached hydrogen (secondary N) is 1. The molecule has 2 aliphatic rings. The van der Waals surface area contributed by atoms with Gasteiger partial charge < -0.3 is 19.8 Å². The Morgan fingerprint density at radius 2 is 2.00 bits per heavy atom. The number of aromatic nitrogens is 2. The Labute approximate surface area is 219 Å². The first kappa shape index (κ1) is 25.3. The summed E-state index contributed by atoms with van der Waals surface area (Å²) in [5.41, 5.74) is 4.13. The molecule has 4 atom stereocenters. The van der Waals surface area contributed by atoms with Crippen molar-refractivity contribution in [3.63, 3.8) is 0 Å². The van der Waals surface area contributed by atoms with Gasteiger partial charge in [-0.1, -0.05) is 43.3 Å². The van der Waals surface area contributed by atoms with Gasteiger partial charge in [0.2, 0.25) is 5.91 Å². The molecule has 2 aromatic heterocycles. The van der Waals surface area contributed by atoms with Gasteiger partial charge in [-0.25, -0.2) is 9.98 Å². The van der Waals surface area contributed by atoms with Gasteiger partial charge in [0.1, 0.15) is 17.5 Å². The second kappa shape index (κ2) is 9.50. The summed E-state index contributed by atoms with van der Waals surface area (Å²) in [7, 11) is 0. The summed E-state index contributed by atoms with van der Waals surface area (Å²) in [5, 5.41) is 17.4. The standard InChI is InChI=1S/C27H31N5O4S/c1-14(2)22(21-10-15(3)31-36-21)25(34)32-12-19(33)11-20(32)24-29-26(35)27(5,30-24)18-8-6-17(7-9-18)23-16(4)28-13-37-23/h6-10,13-14,19-20,22,33H,11-12H2,1-5H3,(H,29,30,35)/t19-,20+,22+,27-/m1/s1. The van der Waals surface area contributed by atoms with Crippen LogP contribution in [0.4, 0.5) is 0 Å². The minimum atomic E-state index is -1.14. The first-order valence-electron chi connectivity index (χ1n) is 12.4. The lowest BCUT2D eigenvalue weighted by Gasteiger charge is -2.29. The van der Waals surface area contributed by atoms with Gasteiger partial charge in [-0.3, -0.25) is 9.59 Å². The highest BCUT2D eigenvalue weighted by Gasteiger charge is 2.48. The largest absolute Gasteiger partial charge is 0.391 e. The maximum atomic E-state index is 13.8. The summed E-state index contributed by atoms with van der Waals surface area (Å²) in [4.78, 5) is 38.8. The Hall–Kier alpha value is -3.37. The third kappa shape index (κ3) is 4.48. The van der Waals surface area contributed by atoms with Gasteiger partial charge in [-0.2, -0.15) is 0 Å². The molecule has 194 valence electrons. The fourth-order valence-corrected chi connectivity index (χ4v) is 6.01. The maximum Gasteiger partial charge on any atom is 0.257 e. The van der Waals surface area contributed by atoms with Gasteiger partial charge in [-0.15, -0.1) is 11.3 Å². The lowest BCUT2D eigenvalue weighted by molar-refractivity contribution is -0.134. The van der Waals surface area contributed by atoms with E-state index in [2.05, 4.69) is 15.5 Å². The molecule has 1 aromatic carbocycles. The number of hydrogen-bond acceptors (Lipinski definition) is 8. The molecule has 3 aromatic rings. The zero-order valence-electron chi connectivity index (χ0n) is 21.6. The number of aliphatic hydroxyl groups excluding tert-OH is 1. The number of β-amino-alcohol motifs (C(OH)–C–C–N with tert-alkyl or cyclic N) is 1. The summed E-state index contributed by atoms with van der Waals surface area (Å²) in [5.74, 6) is -0.149. The van der Waals surface area contributed by atoms with Gasteiger partial charge in [0, 0.05) is 19.0 Å². The quantitative estimate of drug-likeness (QED) is 0.512. The molecule has 2 amide bonds. The molecule has 0 radical (unpaired) electrons. The van der Waals surface area contributed by atoms with Crippen molar-refractivity contribution in [2.24, 2.45) is 10.9 Å². The van der Waals surface area contributed by atoms with Crippen LogP contribution in [0.25, 0.3) is 10.4 Å². The maximum absolute atomic E-state index is 13.8. The molecule has 4 heterocycles. The molecule has 1 saturated heterocycles. The van der Waals surface area contributed by atoms with Crippen molar-refractivity contribution < 1.29 is 19.2 Å². The lowest BCUT2D eigenvalue weighted by Crippen LogP contribution is -2.48. The van der Waals surface area contributed by atoms with Crippen LogP contribution < -0.4 is 5.32 Å². The van der Waals surface area contributed by atoms with Crippen molar-refractivity contribution in [1.29, 1.82) is 0 Å². The molecular formula is C27H31N5O4S. The Balaban J connectivity index is 1.43. The lowest BCUT2D eigenvalue weighted by atomic mass is 9.91. The highest BCUT2D eigenvalue weighted by atomic mass is 32.1. The number of amides is 2. The predicted octanol–water partition coefficient (Wildman–Crippen LogP) is 3.56. The summed E-state index contributed by atoms with van der Waals surface area (Å²) < 4.78 is 5.44. The van der Waals surface area contributed by atoms with Gasteiger partial charge >= 0.3 is 0 Å². The van der Waals surface area contributed by atoms with E-state index in [9.17, 15) is 14.7 Å². The Bertz CT molecular complexity index is 1360. The molecule has 1 fully saturated rings. The first-order valence-corrected chi connectivity index (χ1v) is 13.3. The van der Waals surface area contributed by atoms with Gasteiger partial charge in [0.25, 0.3) is 5.91 Å². The number of aliphatic imine (C=N–C) groups is 1. The van der Waals surface area contributed by atoms with Crippen molar-refractivity contribution >= 4 is 29.0 Å². The molecule has 0 aliphatic carbocycles. The van der Waals surface area contributed by atoms with Crippen LogP contribution in [-0.2, 0) is 15.1 Å². The second-order valence-electron chi connectivity index (χ2n) is 10.4. The highest BCUT2D eigenvalue weighted by molar-refractivity contribution is 7.13. The molecule has 2 N–H and O–H groups in total. The number of aliphatic hydroxyl groups is 1. The minimum Gasteiger partial charge on any atom is -0.391 e. The minimum absolute atomic E-state index is 0.0516. The van der Waals surface area contributed by atoms with Gasteiger partial charge in [0.05, 0.1) is 33.9 Å². The third-order valence-corrected chi connectivity index (χ3v) is 8.22. The number of benzene rings is 1. The van der Waals surface area contributed by atoms with Crippen molar-refractivity contribution in [2.75, 3.05) is 6.54 Å². The zero-order valence-corrected chi connectivity index (χ0v) is 22.4. The van der Waals surface area contributed by atoms with Crippen LogP contribution >= 0.6 is 11.3 Å². The van der Waals surface area contributed by atoms with E-state index < -0.39 is 23.6 Å². The van der Waals surface area contributed by atoms with E-state index in [0.717, 1.165) is 21.7 Å². The predicted molar refractivity (Wildman–Crippen MR) is 140 cm³/mol. The van der Waals surface area contributed by atoms with Crippen molar-refractivity contribution in [3.8, 4) is 10.4 Å². The van der Waals surface area contributed by atoms with Crippen molar-refractivity contribution in [1.82, 2.24) is 20.4 Å². The number of aryl methyl sites for hydroxylation is 2. The number of carbonyl (C=O) groups excluding carboxylic acids is 2. The average Bonchev–Trinajstić information content (AvgIpc) is 3.62. The number of hydrogen-bond donors (Lipinski definition) is 2. The summed E-state index contributed by atoms with van der Waals surface area (Å²) >= 11 is 1.57. The molecule has 10 heteroatoms. The van der Waals surface area contributed by atoms with Crippen LogP contribution in [0.5, 0.6) is 0 Å². The monoisotopic (exact) mass is 521 g/mol. The fraction of sp³-hybridized carbons (Fsp3) is 0.444.